The summed E-state index contributed by atoms with van der Waals surface area (Å²) in [7, 11) is 0. The molecular formula is C21H28N4O3. The number of likely N-dealkylation sites (tertiary alicyclic amines) is 1. The second-order valence-electron chi connectivity index (χ2n) is 6.89. The Hall–Kier alpha value is -2.83. The van der Waals surface area contributed by atoms with Crippen LogP contribution >= 0.6 is 0 Å². The number of aromatic amines is 1. The summed E-state index contributed by atoms with van der Waals surface area (Å²) >= 11 is 0. The quantitative estimate of drug-likeness (QED) is 0.732. The molecule has 0 aliphatic carbocycles. The summed E-state index contributed by atoms with van der Waals surface area (Å²) in [6.07, 6.45) is 5.05. The van der Waals surface area contributed by atoms with Crippen LogP contribution in [0.1, 0.15) is 44.0 Å². The summed E-state index contributed by atoms with van der Waals surface area (Å²) in [5.41, 5.74) is 1.95. The third-order valence-electron chi connectivity index (χ3n) is 5.16. The molecule has 0 bridgehead atoms. The maximum atomic E-state index is 12.9. The number of carbonyl (C=O) groups is 2. The van der Waals surface area contributed by atoms with E-state index in [1.165, 1.54) is 0 Å². The molecule has 0 saturated carbocycles. The van der Waals surface area contributed by atoms with Crippen molar-refractivity contribution in [3.05, 3.63) is 48.0 Å². The number of H-pyrrole nitrogens is 1. The van der Waals surface area contributed by atoms with Gasteiger partial charge in [0.25, 0.3) is 0 Å². The standard InChI is InChI=1S/C21H28N4O3/c1-3-25-19(26)10-9-18(21(27)23-12-11-16-13-22-14-24-16)20(25)15-5-7-17(8-6-15)28-4-2/h5-8,13-14,18,20H,3-4,9-12H2,1-2H3,(H,22,24)(H,23,27)/t18-,20+/m1/s1. The molecule has 150 valence electrons. The number of hydrogen-bond acceptors (Lipinski definition) is 4. The van der Waals surface area contributed by atoms with Crippen molar-refractivity contribution >= 4 is 11.8 Å². The summed E-state index contributed by atoms with van der Waals surface area (Å²) in [6, 6.07) is 7.47. The Morgan fingerprint density at radius 1 is 1.32 bits per heavy atom. The average Bonchev–Trinajstić information content (AvgIpc) is 3.22. The minimum Gasteiger partial charge on any atom is -0.494 e. The maximum Gasteiger partial charge on any atom is 0.225 e. The molecule has 2 heterocycles. The largest absolute Gasteiger partial charge is 0.494 e. The van der Waals surface area contributed by atoms with Gasteiger partial charge in [-0.05, 0) is 38.0 Å². The fourth-order valence-corrected chi connectivity index (χ4v) is 3.81. The van der Waals surface area contributed by atoms with Gasteiger partial charge in [0.2, 0.25) is 11.8 Å². The van der Waals surface area contributed by atoms with E-state index in [1.54, 1.807) is 12.5 Å². The highest BCUT2D eigenvalue weighted by Crippen LogP contribution is 2.37. The van der Waals surface area contributed by atoms with Crippen LogP contribution in [0.25, 0.3) is 0 Å². The predicted octanol–water partition coefficient (Wildman–Crippen LogP) is 2.47. The summed E-state index contributed by atoms with van der Waals surface area (Å²) in [5.74, 6) is 0.613. The fourth-order valence-electron chi connectivity index (χ4n) is 3.81. The van der Waals surface area contributed by atoms with E-state index in [9.17, 15) is 9.59 Å². The van der Waals surface area contributed by atoms with E-state index in [0.29, 0.717) is 39.0 Å². The first-order valence-corrected chi connectivity index (χ1v) is 9.91. The number of rotatable bonds is 8. The molecule has 2 aromatic rings. The second-order valence-corrected chi connectivity index (χ2v) is 6.89. The molecule has 1 aliphatic rings. The van der Waals surface area contributed by atoms with Crippen molar-refractivity contribution in [3.8, 4) is 5.75 Å². The Morgan fingerprint density at radius 3 is 2.75 bits per heavy atom. The van der Waals surface area contributed by atoms with E-state index in [-0.39, 0.29) is 23.8 Å². The smallest absolute Gasteiger partial charge is 0.225 e. The lowest BCUT2D eigenvalue weighted by Gasteiger charge is -2.40. The Kier molecular flexibility index (Phi) is 6.68. The van der Waals surface area contributed by atoms with Crippen molar-refractivity contribution in [1.29, 1.82) is 0 Å². The number of aromatic nitrogens is 2. The van der Waals surface area contributed by atoms with E-state index in [2.05, 4.69) is 15.3 Å². The maximum absolute atomic E-state index is 12.9. The highest BCUT2D eigenvalue weighted by Gasteiger charge is 2.39. The van der Waals surface area contributed by atoms with Gasteiger partial charge in [-0.3, -0.25) is 9.59 Å². The molecule has 1 fully saturated rings. The van der Waals surface area contributed by atoms with Gasteiger partial charge in [0.15, 0.2) is 0 Å². The van der Waals surface area contributed by atoms with Gasteiger partial charge in [0, 0.05) is 37.8 Å². The molecule has 0 spiro atoms. The van der Waals surface area contributed by atoms with Gasteiger partial charge >= 0.3 is 0 Å². The highest BCUT2D eigenvalue weighted by molar-refractivity contribution is 5.85. The Bertz CT molecular complexity index is 773. The molecule has 1 aromatic heterocycles. The number of nitrogens with one attached hydrogen (secondary N) is 2. The van der Waals surface area contributed by atoms with E-state index >= 15 is 0 Å². The number of hydrogen-bond donors (Lipinski definition) is 2. The van der Waals surface area contributed by atoms with E-state index in [0.717, 1.165) is 17.0 Å². The molecule has 1 aromatic carbocycles. The van der Waals surface area contributed by atoms with Crippen LogP contribution in [0, 0.1) is 5.92 Å². The number of ether oxygens (including phenoxy) is 1. The molecule has 3 rings (SSSR count). The zero-order valence-corrected chi connectivity index (χ0v) is 16.5. The lowest BCUT2D eigenvalue weighted by Crippen LogP contribution is -2.48. The van der Waals surface area contributed by atoms with Crippen LogP contribution in [0.5, 0.6) is 5.75 Å². The fraction of sp³-hybridized carbons (Fsp3) is 0.476. The Labute approximate surface area is 165 Å². The summed E-state index contributed by atoms with van der Waals surface area (Å²) in [4.78, 5) is 34.3. The molecule has 2 N–H and O–H groups in total. The molecule has 2 atom stereocenters. The van der Waals surface area contributed by atoms with Gasteiger partial charge < -0.3 is 19.9 Å². The minimum atomic E-state index is -0.266. The van der Waals surface area contributed by atoms with Crippen molar-refractivity contribution in [2.45, 2.75) is 39.2 Å². The number of imidazole rings is 1. The van der Waals surface area contributed by atoms with Crippen molar-refractivity contribution < 1.29 is 14.3 Å². The topological polar surface area (TPSA) is 87.3 Å². The molecule has 7 heteroatoms. The van der Waals surface area contributed by atoms with Crippen molar-refractivity contribution in [1.82, 2.24) is 20.2 Å². The molecule has 7 nitrogen and oxygen atoms in total. The van der Waals surface area contributed by atoms with Gasteiger partial charge in [-0.15, -0.1) is 0 Å². The van der Waals surface area contributed by atoms with Crippen LogP contribution in [0.4, 0.5) is 0 Å². The normalized spacial score (nSPS) is 19.5. The SMILES string of the molecule is CCOc1ccc([C@H]2[C@H](C(=O)NCCc3cnc[nH]3)CCC(=O)N2CC)cc1. The number of piperidine rings is 1. The first-order chi connectivity index (χ1) is 13.6. The number of nitrogens with zero attached hydrogens (tertiary/aromatic N) is 2. The van der Waals surface area contributed by atoms with E-state index < -0.39 is 0 Å². The zero-order chi connectivity index (χ0) is 19.9. The predicted molar refractivity (Wildman–Crippen MR) is 106 cm³/mol. The molecule has 2 amide bonds. The van der Waals surface area contributed by atoms with Gasteiger partial charge in [-0.1, -0.05) is 12.1 Å². The first kappa shape index (κ1) is 19.9. The lowest BCUT2D eigenvalue weighted by molar-refractivity contribution is -0.143. The van der Waals surface area contributed by atoms with Gasteiger partial charge in [-0.2, -0.15) is 0 Å². The third-order valence-corrected chi connectivity index (χ3v) is 5.16. The molecule has 0 unspecified atom stereocenters. The lowest BCUT2D eigenvalue weighted by atomic mass is 9.83. The van der Waals surface area contributed by atoms with Crippen molar-refractivity contribution in [3.63, 3.8) is 0 Å². The van der Waals surface area contributed by atoms with E-state index in [4.69, 9.17) is 4.74 Å². The van der Waals surface area contributed by atoms with Gasteiger partial charge in [0.05, 0.1) is 24.9 Å². The van der Waals surface area contributed by atoms with Crippen LogP contribution in [0.3, 0.4) is 0 Å². The highest BCUT2D eigenvalue weighted by atomic mass is 16.5. The number of amides is 2. The molecular weight excluding hydrogens is 356 g/mol. The van der Waals surface area contributed by atoms with Crippen LogP contribution < -0.4 is 10.1 Å². The average molecular weight is 384 g/mol. The van der Waals surface area contributed by atoms with Crippen LogP contribution in [-0.4, -0.2) is 46.4 Å². The number of carbonyl (C=O) groups excluding carboxylic acids is 2. The van der Waals surface area contributed by atoms with Gasteiger partial charge in [0.1, 0.15) is 5.75 Å². The molecule has 1 saturated heterocycles. The first-order valence-electron chi connectivity index (χ1n) is 9.91. The van der Waals surface area contributed by atoms with Crippen LogP contribution in [0.2, 0.25) is 0 Å². The van der Waals surface area contributed by atoms with Crippen molar-refractivity contribution in [2.24, 2.45) is 5.92 Å². The van der Waals surface area contributed by atoms with Gasteiger partial charge in [-0.25, -0.2) is 4.98 Å². The third kappa shape index (κ3) is 4.52. The summed E-state index contributed by atoms with van der Waals surface area (Å²) < 4.78 is 5.52. The monoisotopic (exact) mass is 384 g/mol. The van der Waals surface area contributed by atoms with E-state index in [1.807, 2.05) is 43.0 Å². The molecule has 28 heavy (non-hydrogen) atoms. The van der Waals surface area contributed by atoms with Crippen LogP contribution in [-0.2, 0) is 16.0 Å². The summed E-state index contributed by atoms with van der Waals surface area (Å²) in [5, 5.41) is 3.03. The Balaban J connectivity index is 1.74. The van der Waals surface area contributed by atoms with Crippen molar-refractivity contribution in [2.75, 3.05) is 19.7 Å². The Morgan fingerprint density at radius 2 is 2.11 bits per heavy atom. The van der Waals surface area contributed by atoms with Crippen LogP contribution in [0.15, 0.2) is 36.8 Å². The zero-order valence-electron chi connectivity index (χ0n) is 16.5. The molecule has 0 radical (unpaired) electrons. The second kappa shape index (κ2) is 9.39. The minimum absolute atomic E-state index is 0.00986. The molecule has 1 aliphatic heterocycles. The number of benzene rings is 1. The summed E-state index contributed by atoms with van der Waals surface area (Å²) in [6.45, 7) is 5.61.